The molecule has 6 nitrogen and oxygen atoms in total. The van der Waals surface area contributed by atoms with E-state index in [1.165, 1.54) is 38.5 Å². The van der Waals surface area contributed by atoms with Gasteiger partial charge in [0.25, 0.3) is 5.91 Å². The number of hydrogen-bond acceptors (Lipinski definition) is 3. The van der Waals surface area contributed by atoms with E-state index < -0.39 is 0 Å². The van der Waals surface area contributed by atoms with Crippen molar-refractivity contribution in [3.63, 3.8) is 0 Å². The highest BCUT2D eigenvalue weighted by Crippen LogP contribution is 2.61. The molecule has 6 heteroatoms. The van der Waals surface area contributed by atoms with Gasteiger partial charge in [0, 0.05) is 31.4 Å². The minimum Gasteiger partial charge on any atom is -0.336 e. The molecule has 0 radical (unpaired) electrons. The molecule has 1 aromatic carbocycles. The first-order valence-electron chi connectivity index (χ1n) is 12.5. The Bertz CT molecular complexity index is 1130. The fraction of sp³-hybridized carbons (Fsp3) is 0.519. The molecular weight excluding hydrogens is 410 g/mol. The first kappa shape index (κ1) is 20.7. The van der Waals surface area contributed by atoms with Crippen molar-refractivity contribution in [1.29, 1.82) is 0 Å². The number of rotatable bonds is 6. The van der Waals surface area contributed by atoms with Gasteiger partial charge in [-0.2, -0.15) is 10.2 Å². The van der Waals surface area contributed by atoms with Gasteiger partial charge in [-0.15, -0.1) is 0 Å². The second-order valence-electron chi connectivity index (χ2n) is 10.7. The van der Waals surface area contributed by atoms with Crippen LogP contribution in [0.4, 0.5) is 0 Å². The molecule has 0 unspecified atom stereocenters. The zero-order chi connectivity index (χ0) is 22.6. The minimum absolute atomic E-state index is 0.0613. The van der Waals surface area contributed by atoms with Gasteiger partial charge in [-0.1, -0.05) is 18.2 Å². The molecule has 3 aromatic rings. The maximum Gasteiger partial charge on any atom is 0.257 e. The van der Waals surface area contributed by atoms with Crippen LogP contribution in [0.25, 0.3) is 5.69 Å². The van der Waals surface area contributed by atoms with Crippen LogP contribution in [0.2, 0.25) is 0 Å². The maximum atomic E-state index is 13.9. The highest BCUT2D eigenvalue weighted by Gasteiger charge is 2.54. The predicted molar refractivity (Wildman–Crippen MR) is 127 cm³/mol. The van der Waals surface area contributed by atoms with Gasteiger partial charge >= 0.3 is 0 Å². The van der Waals surface area contributed by atoms with Crippen molar-refractivity contribution in [3.8, 4) is 5.69 Å². The molecule has 0 aliphatic heterocycles. The van der Waals surface area contributed by atoms with Crippen LogP contribution in [0.3, 0.4) is 0 Å². The van der Waals surface area contributed by atoms with E-state index in [1.807, 2.05) is 58.0 Å². The molecule has 33 heavy (non-hydrogen) atoms. The molecule has 1 amide bonds. The van der Waals surface area contributed by atoms with E-state index in [9.17, 15) is 4.79 Å². The molecule has 172 valence electrons. The second kappa shape index (κ2) is 7.86. The van der Waals surface area contributed by atoms with Crippen molar-refractivity contribution in [3.05, 3.63) is 65.7 Å². The number of aromatic nitrogens is 4. The van der Waals surface area contributed by atoms with Crippen LogP contribution in [-0.2, 0) is 18.5 Å². The van der Waals surface area contributed by atoms with Crippen LogP contribution < -0.4 is 0 Å². The summed E-state index contributed by atoms with van der Waals surface area (Å²) in [4.78, 5) is 15.7. The van der Waals surface area contributed by atoms with Gasteiger partial charge in [0.05, 0.1) is 29.2 Å². The van der Waals surface area contributed by atoms with E-state index in [0.29, 0.717) is 6.54 Å². The fourth-order valence-electron chi connectivity index (χ4n) is 7.34. The molecule has 2 heterocycles. The molecule has 0 atom stereocenters. The van der Waals surface area contributed by atoms with Crippen LogP contribution >= 0.6 is 0 Å². The topological polar surface area (TPSA) is 56.0 Å². The number of benzene rings is 1. The fourth-order valence-corrected chi connectivity index (χ4v) is 7.34. The van der Waals surface area contributed by atoms with E-state index >= 15 is 0 Å². The summed E-state index contributed by atoms with van der Waals surface area (Å²) in [5.41, 5.74) is 3.96. The normalized spacial score (nSPS) is 27.8. The third-order valence-corrected chi connectivity index (χ3v) is 8.36. The van der Waals surface area contributed by atoms with Gasteiger partial charge in [0.1, 0.15) is 0 Å². The lowest BCUT2D eigenvalue weighted by Gasteiger charge is -2.56. The van der Waals surface area contributed by atoms with Crippen LogP contribution in [0.5, 0.6) is 0 Å². The molecule has 4 aliphatic carbocycles. The van der Waals surface area contributed by atoms with E-state index in [1.54, 1.807) is 0 Å². The van der Waals surface area contributed by atoms with Gasteiger partial charge < -0.3 is 4.90 Å². The monoisotopic (exact) mass is 443 g/mol. The standard InChI is InChI=1S/C27H33N5O/c1-3-31-23(9-10-28-31)17-30(2)26(33)24-18-32(22-7-5-4-6-8-22)29-25(24)27-14-19-11-20(15-27)13-21(12-19)16-27/h4-10,18-21H,3,11-17H2,1-2H3. The summed E-state index contributed by atoms with van der Waals surface area (Å²) in [5.74, 6) is 2.47. The van der Waals surface area contributed by atoms with Gasteiger partial charge in [-0.05, 0) is 81.4 Å². The van der Waals surface area contributed by atoms with Crippen LogP contribution in [-0.4, -0.2) is 37.4 Å². The minimum atomic E-state index is 0.0613. The lowest BCUT2D eigenvalue weighted by molar-refractivity contribution is -0.00783. The van der Waals surface area contributed by atoms with Gasteiger partial charge in [-0.25, -0.2) is 4.68 Å². The van der Waals surface area contributed by atoms with Crippen molar-refractivity contribution in [1.82, 2.24) is 24.5 Å². The number of hydrogen-bond donors (Lipinski definition) is 0. The largest absolute Gasteiger partial charge is 0.336 e. The first-order valence-corrected chi connectivity index (χ1v) is 12.5. The van der Waals surface area contributed by atoms with Gasteiger partial charge in [0.15, 0.2) is 0 Å². The summed E-state index contributed by atoms with van der Waals surface area (Å²) in [6.45, 7) is 3.42. The second-order valence-corrected chi connectivity index (χ2v) is 10.7. The Kier molecular flexibility index (Phi) is 4.93. The van der Waals surface area contributed by atoms with E-state index in [4.69, 9.17) is 5.10 Å². The van der Waals surface area contributed by atoms with Crippen LogP contribution in [0.15, 0.2) is 48.8 Å². The Balaban J connectivity index is 1.39. The van der Waals surface area contributed by atoms with E-state index in [2.05, 4.69) is 24.2 Å². The maximum absolute atomic E-state index is 13.9. The molecule has 4 saturated carbocycles. The number of carbonyl (C=O) groups excluding carboxylic acids is 1. The Hall–Kier alpha value is -2.89. The highest BCUT2D eigenvalue weighted by molar-refractivity contribution is 5.95. The smallest absolute Gasteiger partial charge is 0.257 e. The number of carbonyl (C=O) groups is 1. The Morgan fingerprint density at radius 3 is 2.36 bits per heavy atom. The Labute approximate surface area is 195 Å². The third kappa shape index (κ3) is 3.51. The molecule has 7 rings (SSSR count). The SMILES string of the molecule is CCn1nccc1CN(C)C(=O)c1cn(-c2ccccc2)nc1C12CC3CC(CC(C3)C1)C2. The lowest BCUT2D eigenvalue weighted by Crippen LogP contribution is -2.49. The zero-order valence-electron chi connectivity index (χ0n) is 19.7. The van der Waals surface area contributed by atoms with Crippen molar-refractivity contribution in [2.45, 2.75) is 64.0 Å². The molecule has 0 saturated heterocycles. The predicted octanol–water partition coefficient (Wildman–Crippen LogP) is 4.83. The average Bonchev–Trinajstić information content (AvgIpc) is 3.46. The summed E-state index contributed by atoms with van der Waals surface area (Å²) in [5, 5.41) is 9.53. The Morgan fingerprint density at radius 2 is 1.73 bits per heavy atom. The number of nitrogens with zero attached hydrogens (tertiary/aromatic N) is 5. The van der Waals surface area contributed by atoms with E-state index in [0.717, 1.165) is 46.9 Å². The van der Waals surface area contributed by atoms with Gasteiger partial charge in [-0.3, -0.25) is 9.48 Å². The molecule has 4 bridgehead atoms. The molecule has 0 spiro atoms. The third-order valence-electron chi connectivity index (χ3n) is 8.36. The van der Waals surface area contributed by atoms with Crippen molar-refractivity contribution in [2.75, 3.05) is 7.05 Å². The first-order chi connectivity index (χ1) is 16.0. The molecule has 0 N–H and O–H groups in total. The average molecular weight is 444 g/mol. The molecule has 4 fully saturated rings. The summed E-state index contributed by atoms with van der Waals surface area (Å²) >= 11 is 0. The van der Waals surface area contributed by atoms with Crippen molar-refractivity contribution < 1.29 is 4.79 Å². The number of para-hydroxylation sites is 1. The molecular formula is C27H33N5O. The highest BCUT2D eigenvalue weighted by atomic mass is 16.2. The van der Waals surface area contributed by atoms with Crippen LogP contribution in [0, 0.1) is 17.8 Å². The summed E-state index contributed by atoms with van der Waals surface area (Å²) < 4.78 is 3.89. The summed E-state index contributed by atoms with van der Waals surface area (Å²) in [7, 11) is 1.90. The van der Waals surface area contributed by atoms with E-state index in [-0.39, 0.29) is 11.3 Å². The lowest BCUT2D eigenvalue weighted by atomic mass is 9.48. The van der Waals surface area contributed by atoms with Crippen molar-refractivity contribution >= 4 is 5.91 Å². The molecule has 4 aliphatic rings. The van der Waals surface area contributed by atoms with Crippen LogP contribution in [0.1, 0.15) is 67.2 Å². The zero-order valence-corrected chi connectivity index (χ0v) is 19.7. The van der Waals surface area contributed by atoms with Crippen molar-refractivity contribution in [2.24, 2.45) is 17.8 Å². The molecule has 2 aromatic heterocycles. The number of aryl methyl sites for hydroxylation is 1. The quantitative estimate of drug-likeness (QED) is 0.548. The number of amides is 1. The Morgan fingerprint density at radius 1 is 1.06 bits per heavy atom. The van der Waals surface area contributed by atoms with Gasteiger partial charge in [0.2, 0.25) is 0 Å². The summed E-state index contributed by atoms with van der Waals surface area (Å²) in [6.07, 6.45) is 11.5. The summed E-state index contributed by atoms with van der Waals surface area (Å²) in [6, 6.07) is 12.2.